The van der Waals surface area contributed by atoms with Crippen LogP contribution in [0.25, 0.3) is 0 Å². The highest BCUT2D eigenvalue weighted by atomic mass is 19.1. The van der Waals surface area contributed by atoms with Gasteiger partial charge in [0.05, 0.1) is 10.8 Å². The van der Waals surface area contributed by atoms with Crippen LogP contribution >= 0.6 is 0 Å². The van der Waals surface area contributed by atoms with Gasteiger partial charge in [-0.1, -0.05) is 6.07 Å². The number of nitrogens with zero attached hydrogens (tertiary/aromatic N) is 2. The first kappa shape index (κ1) is 12.9. The number of amides is 2. The van der Waals surface area contributed by atoms with Gasteiger partial charge >= 0.3 is 0 Å². The summed E-state index contributed by atoms with van der Waals surface area (Å²) in [6, 6.07) is 3.31. The molecule has 8 heteroatoms. The molecule has 19 heavy (non-hydrogen) atoms. The molecule has 1 aliphatic heterocycles. The van der Waals surface area contributed by atoms with E-state index in [0.717, 1.165) is 17.0 Å². The predicted octanol–water partition coefficient (Wildman–Crippen LogP) is 0.572. The van der Waals surface area contributed by atoms with Crippen LogP contribution in [0.1, 0.15) is 6.42 Å². The molecule has 1 unspecified atom stereocenters. The van der Waals surface area contributed by atoms with Crippen LogP contribution in [0.3, 0.4) is 0 Å². The van der Waals surface area contributed by atoms with E-state index < -0.39 is 39.8 Å². The average Bonchev–Trinajstić information content (AvgIpc) is 2.71. The summed E-state index contributed by atoms with van der Waals surface area (Å²) in [5, 5.41) is 10.9. The van der Waals surface area contributed by atoms with Gasteiger partial charge in [-0.3, -0.25) is 19.7 Å². The second-order valence-electron chi connectivity index (χ2n) is 4.17. The van der Waals surface area contributed by atoms with Crippen LogP contribution in [0.2, 0.25) is 0 Å². The molecule has 7 nitrogen and oxygen atoms in total. The van der Waals surface area contributed by atoms with E-state index in [-0.39, 0.29) is 13.0 Å². The van der Waals surface area contributed by atoms with E-state index in [1.807, 2.05) is 0 Å². The zero-order chi connectivity index (χ0) is 14.2. The second kappa shape index (κ2) is 4.63. The largest absolute Gasteiger partial charge is 0.369 e. The number of nitrogens with two attached hydrogens (primary N) is 1. The van der Waals surface area contributed by atoms with E-state index in [2.05, 4.69) is 0 Å². The molecule has 2 N–H and O–H groups in total. The van der Waals surface area contributed by atoms with Gasteiger partial charge in [0.25, 0.3) is 5.69 Å². The molecule has 1 aliphatic rings. The third-order valence-electron chi connectivity index (χ3n) is 2.96. The smallest absolute Gasteiger partial charge is 0.296 e. The fourth-order valence-corrected chi connectivity index (χ4v) is 2.03. The molecule has 100 valence electrons. The highest BCUT2D eigenvalue weighted by Gasteiger charge is 2.38. The quantitative estimate of drug-likeness (QED) is 0.638. The topological polar surface area (TPSA) is 107 Å². The van der Waals surface area contributed by atoms with Gasteiger partial charge in [-0.2, -0.15) is 0 Å². The minimum atomic E-state index is -0.882. The standard InChI is InChI=1S/C11H10FN3O4/c12-7-2-1-3-8(15(18)19)10(7)14-5-6(11(13)17)4-9(14)16/h1-3,6H,4-5H2,(H2,13,17). The Hall–Kier alpha value is -2.51. The molecule has 0 aliphatic carbocycles. The van der Waals surface area contributed by atoms with Crippen molar-refractivity contribution < 1.29 is 18.9 Å². The first-order valence-corrected chi connectivity index (χ1v) is 5.44. The van der Waals surface area contributed by atoms with Crippen molar-refractivity contribution in [2.75, 3.05) is 11.4 Å². The number of nitro groups is 1. The summed E-state index contributed by atoms with van der Waals surface area (Å²) in [6.07, 6.45) is -0.166. The van der Waals surface area contributed by atoms with E-state index in [0.29, 0.717) is 0 Å². The summed E-state index contributed by atoms with van der Waals surface area (Å²) < 4.78 is 13.7. The van der Waals surface area contributed by atoms with E-state index in [1.54, 1.807) is 0 Å². The summed E-state index contributed by atoms with van der Waals surface area (Å²) in [6.45, 7) is -0.143. The van der Waals surface area contributed by atoms with Gasteiger partial charge in [0.2, 0.25) is 11.8 Å². The number of carbonyl (C=O) groups excluding carboxylic acids is 2. The number of para-hydroxylation sites is 1. The highest BCUT2D eigenvalue weighted by Crippen LogP contribution is 2.34. The van der Waals surface area contributed by atoms with Crippen molar-refractivity contribution in [3.05, 3.63) is 34.1 Å². The van der Waals surface area contributed by atoms with Crippen LogP contribution in [-0.2, 0) is 9.59 Å². The maximum Gasteiger partial charge on any atom is 0.296 e. The molecule has 2 amide bonds. The number of nitro benzene ring substituents is 1. The maximum atomic E-state index is 13.7. The van der Waals surface area contributed by atoms with E-state index in [4.69, 9.17) is 5.73 Å². The van der Waals surface area contributed by atoms with Crippen LogP contribution in [0, 0.1) is 21.8 Å². The SMILES string of the molecule is NC(=O)C1CC(=O)N(c2c(F)cccc2[N+](=O)[O-])C1. The molecular weight excluding hydrogens is 257 g/mol. The van der Waals surface area contributed by atoms with Crippen molar-refractivity contribution in [3.63, 3.8) is 0 Å². The zero-order valence-corrected chi connectivity index (χ0v) is 9.71. The lowest BCUT2D eigenvalue weighted by Gasteiger charge is -2.16. The second-order valence-corrected chi connectivity index (χ2v) is 4.17. The Morgan fingerprint density at radius 2 is 2.21 bits per heavy atom. The lowest BCUT2D eigenvalue weighted by Crippen LogP contribution is -2.29. The molecule has 1 atom stereocenters. The number of rotatable bonds is 3. The molecule has 1 heterocycles. The van der Waals surface area contributed by atoms with Crippen molar-refractivity contribution in [2.45, 2.75) is 6.42 Å². The normalized spacial score (nSPS) is 18.7. The molecule has 2 rings (SSSR count). The first-order chi connectivity index (χ1) is 8.91. The zero-order valence-electron chi connectivity index (χ0n) is 9.71. The fourth-order valence-electron chi connectivity index (χ4n) is 2.03. The molecule has 1 aromatic rings. The maximum absolute atomic E-state index is 13.7. The summed E-state index contributed by atoms with van der Waals surface area (Å²) in [5.41, 5.74) is 4.16. The van der Waals surface area contributed by atoms with Crippen LogP contribution in [0.5, 0.6) is 0 Å². The van der Waals surface area contributed by atoms with Gasteiger partial charge in [0, 0.05) is 19.0 Å². The van der Waals surface area contributed by atoms with Gasteiger partial charge in [-0.15, -0.1) is 0 Å². The summed E-state index contributed by atoms with van der Waals surface area (Å²) in [4.78, 5) is 33.8. The summed E-state index contributed by atoms with van der Waals surface area (Å²) >= 11 is 0. The monoisotopic (exact) mass is 267 g/mol. The molecule has 0 aromatic heterocycles. The average molecular weight is 267 g/mol. The molecule has 1 fully saturated rings. The van der Waals surface area contributed by atoms with Crippen molar-refractivity contribution in [1.82, 2.24) is 0 Å². The fraction of sp³-hybridized carbons (Fsp3) is 0.273. The van der Waals surface area contributed by atoms with Gasteiger partial charge in [0.1, 0.15) is 0 Å². The minimum absolute atomic E-state index is 0.143. The number of anilines is 1. The molecule has 1 aromatic carbocycles. The molecule has 0 spiro atoms. The Balaban J connectivity index is 2.45. The van der Waals surface area contributed by atoms with Crippen LogP contribution in [-0.4, -0.2) is 23.3 Å². The van der Waals surface area contributed by atoms with Crippen molar-refractivity contribution in [2.24, 2.45) is 11.7 Å². The predicted molar refractivity (Wildman–Crippen MR) is 62.7 cm³/mol. The van der Waals surface area contributed by atoms with Gasteiger partial charge < -0.3 is 10.6 Å². The molecule has 0 saturated carbocycles. The number of halogens is 1. The van der Waals surface area contributed by atoms with Crippen LogP contribution in [0.4, 0.5) is 15.8 Å². The van der Waals surface area contributed by atoms with Crippen LogP contribution < -0.4 is 10.6 Å². The number of carbonyl (C=O) groups is 2. The third kappa shape index (κ3) is 2.24. The number of primary amides is 1. The van der Waals surface area contributed by atoms with Crippen molar-refractivity contribution in [3.8, 4) is 0 Å². The van der Waals surface area contributed by atoms with Crippen LogP contribution in [0.15, 0.2) is 18.2 Å². The van der Waals surface area contributed by atoms with Crippen molar-refractivity contribution >= 4 is 23.2 Å². The highest BCUT2D eigenvalue weighted by molar-refractivity contribution is 6.01. The third-order valence-corrected chi connectivity index (χ3v) is 2.96. The lowest BCUT2D eigenvalue weighted by atomic mass is 10.1. The molecule has 0 bridgehead atoms. The number of benzene rings is 1. The van der Waals surface area contributed by atoms with Gasteiger partial charge in [-0.05, 0) is 6.07 Å². The van der Waals surface area contributed by atoms with Gasteiger partial charge in [-0.25, -0.2) is 4.39 Å². The number of hydrogen-bond donors (Lipinski definition) is 1. The Morgan fingerprint density at radius 3 is 2.74 bits per heavy atom. The molecular formula is C11H10FN3O4. The van der Waals surface area contributed by atoms with E-state index >= 15 is 0 Å². The molecule has 0 radical (unpaired) electrons. The Kier molecular flexibility index (Phi) is 3.16. The van der Waals surface area contributed by atoms with Gasteiger partial charge in [0.15, 0.2) is 11.5 Å². The minimum Gasteiger partial charge on any atom is -0.369 e. The Labute approximate surface area is 106 Å². The van der Waals surface area contributed by atoms with E-state index in [9.17, 15) is 24.1 Å². The lowest BCUT2D eigenvalue weighted by molar-refractivity contribution is -0.384. The molecule has 1 saturated heterocycles. The Bertz CT molecular complexity index is 575. The first-order valence-electron chi connectivity index (χ1n) is 5.44. The van der Waals surface area contributed by atoms with Crippen molar-refractivity contribution in [1.29, 1.82) is 0 Å². The summed E-state index contributed by atoms with van der Waals surface area (Å²) in [5.74, 6) is -2.88. The Morgan fingerprint density at radius 1 is 1.53 bits per heavy atom. The summed E-state index contributed by atoms with van der Waals surface area (Å²) in [7, 11) is 0. The van der Waals surface area contributed by atoms with E-state index in [1.165, 1.54) is 6.07 Å². The number of hydrogen-bond acceptors (Lipinski definition) is 4.